The van der Waals surface area contributed by atoms with Crippen LogP contribution in [-0.4, -0.2) is 28.5 Å². The molecule has 5 heteroatoms. The van der Waals surface area contributed by atoms with E-state index in [0.29, 0.717) is 18.6 Å². The van der Waals surface area contributed by atoms with Crippen molar-refractivity contribution in [2.75, 3.05) is 0 Å². The summed E-state index contributed by atoms with van der Waals surface area (Å²) >= 11 is 0. The van der Waals surface area contributed by atoms with Crippen LogP contribution in [0.25, 0.3) is 0 Å². The fraction of sp³-hybridized carbons (Fsp3) is 0.719. The summed E-state index contributed by atoms with van der Waals surface area (Å²) in [5, 5.41) is 0.278. The lowest BCUT2D eigenvalue weighted by atomic mass is 9.84. The molecule has 0 saturated heterocycles. The largest absolute Gasteiger partial charge is 0.413 e. The Morgan fingerprint density at radius 3 is 2.03 bits per heavy atom. The average molecular weight is 545 g/mol. The second kappa shape index (κ2) is 12.4. The van der Waals surface area contributed by atoms with E-state index in [0.717, 1.165) is 6.42 Å². The van der Waals surface area contributed by atoms with Crippen molar-refractivity contribution < 1.29 is 13.6 Å². The maximum Gasteiger partial charge on any atom is 0.192 e. The van der Waals surface area contributed by atoms with E-state index >= 15 is 0 Å². The van der Waals surface area contributed by atoms with E-state index in [-0.39, 0.29) is 34.1 Å². The second-order valence-electron chi connectivity index (χ2n) is 14.3. The number of hydrogen-bond acceptors (Lipinski definition) is 3. The van der Waals surface area contributed by atoms with Crippen molar-refractivity contribution in [3.63, 3.8) is 0 Å². The highest BCUT2D eigenvalue weighted by atomic mass is 28.4. The summed E-state index contributed by atoms with van der Waals surface area (Å²) in [6.45, 7) is 29.2. The zero-order chi connectivity index (χ0) is 28.2. The number of rotatable bonds is 12. The van der Waals surface area contributed by atoms with Gasteiger partial charge < -0.3 is 8.85 Å². The highest BCUT2D eigenvalue weighted by molar-refractivity contribution is 6.74. The number of benzene rings is 1. The van der Waals surface area contributed by atoms with Crippen molar-refractivity contribution in [2.45, 2.75) is 141 Å². The van der Waals surface area contributed by atoms with E-state index in [2.05, 4.69) is 105 Å². The van der Waals surface area contributed by atoms with Gasteiger partial charge in [0.15, 0.2) is 16.6 Å². The van der Waals surface area contributed by atoms with Crippen LogP contribution in [0.1, 0.15) is 110 Å². The van der Waals surface area contributed by atoms with E-state index in [4.69, 9.17) is 8.85 Å². The first kappa shape index (κ1) is 32.2. The van der Waals surface area contributed by atoms with E-state index in [1.54, 1.807) is 0 Å². The molecule has 0 amide bonds. The highest BCUT2D eigenvalue weighted by Crippen LogP contribution is 2.47. The molecule has 1 saturated carbocycles. The molecule has 0 aromatic heterocycles. The smallest absolute Gasteiger partial charge is 0.192 e. The second-order valence-corrected chi connectivity index (χ2v) is 23.8. The molecule has 1 aromatic rings. The van der Waals surface area contributed by atoms with E-state index in [1.165, 1.54) is 30.4 Å². The number of allylic oxidation sites excluding steroid dienone is 1. The summed E-state index contributed by atoms with van der Waals surface area (Å²) < 4.78 is 13.8. The molecule has 1 aliphatic rings. The number of carbonyl (C=O) groups is 1. The van der Waals surface area contributed by atoms with E-state index in [1.807, 2.05) is 6.08 Å². The molecule has 0 spiro atoms. The summed E-state index contributed by atoms with van der Waals surface area (Å²) in [5.41, 5.74) is 2.47. The molecule has 0 N–H and O–H groups in total. The fourth-order valence-corrected chi connectivity index (χ4v) is 7.51. The molecule has 0 heterocycles. The summed E-state index contributed by atoms with van der Waals surface area (Å²) in [7, 11) is -3.92. The quantitative estimate of drug-likeness (QED) is 0.149. The summed E-state index contributed by atoms with van der Waals surface area (Å²) in [6.07, 6.45) is 7.84. The SMILES string of the molecule is C=CCC1C(=O)C[C@@H](O[Si](C)(C)C(C)(C)C)[C@@H]1c1ccc(C(CCCCC)O[Si](C)(C)C(C)(C)C)cc1. The number of hydrogen-bond donors (Lipinski definition) is 0. The van der Waals surface area contributed by atoms with Crippen molar-refractivity contribution in [1.29, 1.82) is 0 Å². The lowest BCUT2D eigenvalue weighted by Crippen LogP contribution is -2.44. The van der Waals surface area contributed by atoms with Gasteiger partial charge in [0.25, 0.3) is 0 Å². The van der Waals surface area contributed by atoms with Gasteiger partial charge in [-0.15, -0.1) is 6.58 Å². The Morgan fingerprint density at radius 2 is 1.54 bits per heavy atom. The van der Waals surface area contributed by atoms with Gasteiger partial charge in [-0.2, -0.15) is 0 Å². The first-order chi connectivity index (χ1) is 16.9. The zero-order valence-corrected chi connectivity index (χ0v) is 27.9. The predicted octanol–water partition coefficient (Wildman–Crippen LogP) is 9.97. The van der Waals surface area contributed by atoms with Crippen molar-refractivity contribution in [3.8, 4) is 0 Å². The van der Waals surface area contributed by atoms with Crippen LogP contribution in [0.4, 0.5) is 0 Å². The summed E-state index contributed by atoms with van der Waals surface area (Å²) in [4.78, 5) is 13.1. The Kier molecular flexibility index (Phi) is 10.8. The molecule has 2 rings (SSSR count). The average Bonchev–Trinajstić information content (AvgIpc) is 3.06. The van der Waals surface area contributed by atoms with Gasteiger partial charge in [-0.3, -0.25) is 4.79 Å². The van der Waals surface area contributed by atoms with Gasteiger partial charge in [-0.05, 0) is 60.2 Å². The molecule has 4 atom stereocenters. The molecule has 0 aliphatic heterocycles. The van der Waals surface area contributed by atoms with Crippen LogP contribution >= 0.6 is 0 Å². The molecule has 2 unspecified atom stereocenters. The van der Waals surface area contributed by atoms with Gasteiger partial charge >= 0.3 is 0 Å². The first-order valence-corrected chi connectivity index (χ1v) is 20.4. The minimum Gasteiger partial charge on any atom is -0.413 e. The molecule has 210 valence electrons. The van der Waals surface area contributed by atoms with Gasteiger partial charge in [0.2, 0.25) is 0 Å². The molecular weight excluding hydrogens is 489 g/mol. The number of carbonyl (C=O) groups excluding carboxylic acids is 1. The highest BCUT2D eigenvalue weighted by Gasteiger charge is 2.48. The van der Waals surface area contributed by atoms with Crippen LogP contribution < -0.4 is 0 Å². The third-order valence-corrected chi connectivity index (χ3v) is 18.3. The molecule has 1 fully saturated rings. The van der Waals surface area contributed by atoms with Crippen LogP contribution in [0.2, 0.25) is 36.3 Å². The number of unbranched alkanes of at least 4 members (excludes halogenated alkanes) is 2. The number of ketones is 1. The molecule has 3 nitrogen and oxygen atoms in total. The third-order valence-electron chi connectivity index (χ3n) is 9.33. The third kappa shape index (κ3) is 8.00. The van der Waals surface area contributed by atoms with Crippen LogP contribution in [0.15, 0.2) is 36.9 Å². The Balaban J connectivity index is 2.39. The van der Waals surface area contributed by atoms with Crippen molar-refractivity contribution in [2.24, 2.45) is 5.92 Å². The monoisotopic (exact) mass is 544 g/mol. The van der Waals surface area contributed by atoms with Gasteiger partial charge in [0, 0.05) is 18.3 Å². The van der Waals surface area contributed by atoms with Crippen molar-refractivity contribution >= 4 is 22.4 Å². The fourth-order valence-electron chi connectivity index (χ4n) is 4.85. The molecule has 37 heavy (non-hydrogen) atoms. The lowest BCUT2D eigenvalue weighted by molar-refractivity contribution is -0.121. The Labute approximate surface area is 231 Å². The van der Waals surface area contributed by atoms with Gasteiger partial charge in [-0.1, -0.05) is 98.1 Å². The zero-order valence-electron chi connectivity index (χ0n) is 25.9. The maximum atomic E-state index is 13.1. The van der Waals surface area contributed by atoms with Crippen LogP contribution in [0.3, 0.4) is 0 Å². The van der Waals surface area contributed by atoms with Crippen LogP contribution in [0, 0.1) is 5.92 Å². The van der Waals surface area contributed by atoms with Gasteiger partial charge in [0.1, 0.15) is 5.78 Å². The molecule has 0 bridgehead atoms. The van der Waals surface area contributed by atoms with Crippen LogP contribution in [-0.2, 0) is 13.6 Å². The Bertz CT molecular complexity index is 890. The van der Waals surface area contributed by atoms with E-state index in [9.17, 15) is 4.79 Å². The molecule has 0 radical (unpaired) electrons. The first-order valence-electron chi connectivity index (χ1n) is 14.5. The Hall–Kier alpha value is -1.02. The van der Waals surface area contributed by atoms with Crippen LogP contribution in [0.5, 0.6) is 0 Å². The molecule has 1 aliphatic carbocycles. The topological polar surface area (TPSA) is 35.5 Å². The molecular formula is C32H56O3Si2. The summed E-state index contributed by atoms with van der Waals surface area (Å²) in [5.74, 6) is 0.340. The van der Waals surface area contributed by atoms with Gasteiger partial charge in [-0.25, -0.2) is 0 Å². The maximum absolute atomic E-state index is 13.1. The standard InChI is InChI=1S/C32H56O3Si2/c1-13-15-16-18-28(34-36(9,10)31(3,4)5)24-19-21-25(22-20-24)30-26(17-14-2)27(33)23-29(30)35-37(11,12)32(6,7)8/h14,19-22,26,28-30H,2,13,15-18,23H2,1,3-12H3/t26?,28?,29-,30-/m1/s1. The normalized spacial score (nSPS) is 22.4. The minimum atomic E-state index is -2.01. The lowest BCUT2D eigenvalue weighted by Gasteiger charge is -2.40. The summed E-state index contributed by atoms with van der Waals surface area (Å²) in [6, 6.07) is 9.02. The number of Topliss-reactive ketones (excluding diaryl/α,β-unsaturated/α-hetero) is 1. The Morgan fingerprint density at radius 1 is 0.973 bits per heavy atom. The predicted molar refractivity (Wildman–Crippen MR) is 164 cm³/mol. The minimum absolute atomic E-state index is 0.0537. The van der Waals surface area contributed by atoms with E-state index < -0.39 is 16.6 Å². The van der Waals surface area contributed by atoms with Gasteiger partial charge in [0.05, 0.1) is 12.2 Å². The molecule has 1 aromatic carbocycles. The van der Waals surface area contributed by atoms with Crippen molar-refractivity contribution in [1.82, 2.24) is 0 Å². The van der Waals surface area contributed by atoms with Crippen molar-refractivity contribution in [3.05, 3.63) is 48.0 Å².